The smallest absolute Gasteiger partial charge is 0.285 e. The zero-order valence-corrected chi connectivity index (χ0v) is 19.5. The van der Waals surface area contributed by atoms with Gasteiger partial charge in [0, 0.05) is 25.2 Å². The summed E-state index contributed by atoms with van der Waals surface area (Å²) in [4.78, 5) is 17.6. The third-order valence-corrected chi connectivity index (χ3v) is 7.68. The second kappa shape index (κ2) is 8.94. The molecular formula is C24H29N3O4S. The standard InChI is InChI=1S/C24H29N3O4S/c1-4-27(17(2)18-9-7-11-20(15-18)31-3)24(28)19-10-8-14-26(16-19)23-21-12-5-6-13-22(21)32(29,30)25-23/h5-7,9,11-13,15,17,19H,4,8,10,14,16H2,1-3H3. The molecule has 170 valence electrons. The lowest BCUT2D eigenvalue weighted by Crippen LogP contribution is -2.47. The Labute approximate surface area is 189 Å². The van der Waals surface area contributed by atoms with Gasteiger partial charge in [-0.3, -0.25) is 4.79 Å². The van der Waals surface area contributed by atoms with Crippen molar-refractivity contribution in [2.75, 3.05) is 26.7 Å². The molecule has 32 heavy (non-hydrogen) atoms. The van der Waals surface area contributed by atoms with Crippen LogP contribution in [0, 0.1) is 5.92 Å². The van der Waals surface area contributed by atoms with Crippen molar-refractivity contribution in [1.29, 1.82) is 0 Å². The number of amides is 1. The molecule has 2 aliphatic rings. The zero-order chi connectivity index (χ0) is 22.9. The van der Waals surface area contributed by atoms with Crippen LogP contribution in [0.1, 0.15) is 43.9 Å². The topological polar surface area (TPSA) is 79.3 Å². The summed E-state index contributed by atoms with van der Waals surface area (Å²) in [6.07, 6.45) is 1.58. The fourth-order valence-corrected chi connectivity index (χ4v) is 5.85. The van der Waals surface area contributed by atoms with Crippen LogP contribution in [0.25, 0.3) is 0 Å². The van der Waals surface area contributed by atoms with Crippen molar-refractivity contribution in [2.24, 2.45) is 10.3 Å². The van der Waals surface area contributed by atoms with E-state index < -0.39 is 10.0 Å². The summed E-state index contributed by atoms with van der Waals surface area (Å²) in [6.45, 7) is 5.75. The maximum Gasteiger partial charge on any atom is 0.285 e. The molecule has 1 amide bonds. The minimum Gasteiger partial charge on any atom is -0.497 e. The zero-order valence-electron chi connectivity index (χ0n) is 18.7. The Morgan fingerprint density at radius 2 is 2.03 bits per heavy atom. The van der Waals surface area contributed by atoms with E-state index in [1.165, 1.54) is 0 Å². The number of nitrogens with zero attached hydrogens (tertiary/aromatic N) is 3. The number of methoxy groups -OCH3 is 1. The average molecular weight is 456 g/mol. The number of likely N-dealkylation sites (tertiary alicyclic amines) is 1. The highest BCUT2D eigenvalue weighted by atomic mass is 32.2. The largest absolute Gasteiger partial charge is 0.497 e. The van der Waals surface area contributed by atoms with Crippen LogP contribution in [0.15, 0.2) is 57.8 Å². The summed E-state index contributed by atoms with van der Waals surface area (Å²) < 4.78 is 34.3. The summed E-state index contributed by atoms with van der Waals surface area (Å²) in [7, 11) is -2.05. The van der Waals surface area contributed by atoms with Crippen LogP contribution in [0.4, 0.5) is 0 Å². The van der Waals surface area contributed by atoms with E-state index in [2.05, 4.69) is 4.40 Å². The third kappa shape index (κ3) is 4.11. The van der Waals surface area contributed by atoms with Crippen molar-refractivity contribution in [3.8, 4) is 5.75 Å². The number of carbonyl (C=O) groups excluding carboxylic acids is 1. The molecule has 8 heteroatoms. The molecule has 1 fully saturated rings. The van der Waals surface area contributed by atoms with Crippen LogP contribution >= 0.6 is 0 Å². The molecule has 7 nitrogen and oxygen atoms in total. The first kappa shape index (κ1) is 22.3. The maximum absolute atomic E-state index is 13.5. The van der Waals surface area contributed by atoms with Gasteiger partial charge in [-0.2, -0.15) is 8.42 Å². The van der Waals surface area contributed by atoms with Crippen LogP contribution in [0.3, 0.4) is 0 Å². The second-order valence-corrected chi connectivity index (χ2v) is 9.82. The first-order valence-corrected chi connectivity index (χ1v) is 12.4. The van der Waals surface area contributed by atoms with E-state index >= 15 is 0 Å². The van der Waals surface area contributed by atoms with Crippen molar-refractivity contribution in [2.45, 2.75) is 37.6 Å². The van der Waals surface area contributed by atoms with E-state index in [0.29, 0.717) is 31.0 Å². The van der Waals surface area contributed by atoms with E-state index in [1.807, 2.05) is 54.0 Å². The lowest BCUT2D eigenvalue weighted by atomic mass is 9.94. The first-order chi connectivity index (χ1) is 15.4. The molecule has 0 saturated carbocycles. The van der Waals surface area contributed by atoms with E-state index in [4.69, 9.17) is 4.74 Å². The molecule has 0 radical (unpaired) electrons. The summed E-state index contributed by atoms with van der Waals surface area (Å²) in [5.41, 5.74) is 1.64. The molecule has 0 N–H and O–H groups in total. The van der Waals surface area contributed by atoms with Gasteiger partial charge in [0.05, 0.1) is 19.1 Å². The number of carbonyl (C=O) groups is 1. The fourth-order valence-electron chi connectivity index (χ4n) is 4.62. The summed E-state index contributed by atoms with van der Waals surface area (Å²) in [5.74, 6) is 1.10. The van der Waals surface area contributed by atoms with Crippen molar-refractivity contribution >= 4 is 21.8 Å². The number of sulfonamides is 1. The number of amidine groups is 1. The Hall–Kier alpha value is -2.87. The Morgan fingerprint density at radius 3 is 2.78 bits per heavy atom. The highest BCUT2D eigenvalue weighted by molar-refractivity contribution is 7.90. The van der Waals surface area contributed by atoms with Crippen molar-refractivity contribution in [3.63, 3.8) is 0 Å². The Balaban J connectivity index is 1.54. The van der Waals surface area contributed by atoms with E-state index in [0.717, 1.165) is 24.2 Å². The summed E-state index contributed by atoms with van der Waals surface area (Å²) in [6, 6.07) is 14.6. The Kier molecular flexibility index (Phi) is 6.24. The van der Waals surface area contributed by atoms with Crippen LogP contribution in [-0.2, 0) is 14.8 Å². The lowest BCUT2D eigenvalue weighted by molar-refractivity contribution is -0.138. The number of ether oxygens (including phenoxy) is 1. The molecular weight excluding hydrogens is 426 g/mol. The summed E-state index contributed by atoms with van der Waals surface area (Å²) >= 11 is 0. The Bertz CT molecular complexity index is 1150. The number of fused-ring (bicyclic) bond motifs is 1. The second-order valence-electron chi connectivity index (χ2n) is 8.25. The van der Waals surface area contributed by atoms with Gasteiger partial charge in [0.15, 0.2) is 5.84 Å². The molecule has 4 rings (SSSR count). The van der Waals surface area contributed by atoms with Crippen LogP contribution in [0.5, 0.6) is 5.75 Å². The molecule has 2 aliphatic heterocycles. The SMILES string of the molecule is CCN(C(=O)C1CCCN(C2=NS(=O)(=O)c3ccccc32)C1)C(C)c1cccc(OC)c1. The van der Waals surface area contributed by atoms with Gasteiger partial charge < -0.3 is 14.5 Å². The quantitative estimate of drug-likeness (QED) is 0.690. The Morgan fingerprint density at radius 1 is 1.25 bits per heavy atom. The van der Waals surface area contributed by atoms with E-state index in [9.17, 15) is 13.2 Å². The molecule has 0 bridgehead atoms. The predicted octanol–water partition coefficient (Wildman–Crippen LogP) is 3.47. The molecule has 1 saturated heterocycles. The molecule has 2 heterocycles. The molecule has 2 atom stereocenters. The number of benzene rings is 2. The van der Waals surface area contributed by atoms with Gasteiger partial charge in [0.25, 0.3) is 10.0 Å². The minimum atomic E-state index is -3.68. The van der Waals surface area contributed by atoms with Gasteiger partial charge >= 0.3 is 0 Å². The van der Waals surface area contributed by atoms with Gasteiger partial charge in [-0.05, 0) is 56.5 Å². The molecule has 2 unspecified atom stereocenters. The van der Waals surface area contributed by atoms with Gasteiger partial charge in [-0.15, -0.1) is 4.40 Å². The highest BCUT2D eigenvalue weighted by Crippen LogP contribution is 2.31. The third-order valence-electron chi connectivity index (χ3n) is 6.35. The van der Waals surface area contributed by atoms with Gasteiger partial charge in [-0.1, -0.05) is 24.3 Å². The van der Waals surface area contributed by atoms with Crippen LogP contribution in [-0.4, -0.2) is 56.7 Å². The normalized spacial score (nSPS) is 20.3. The lowest BCUT2D eigenvalue weighted by Gasteiger charge is -2.37. The van der Waals surface area contributed by atoms with Crippen molar-refractivity contribution in [1.82, 2.24) is 9.80 Å². The van der Waals surface area contributed by atoms with Crippen molar-refractivity contribution in [3.05, 3.63) is 59.7 Å². The number of hydrogen-bond acceptors (Lipinski definition) is 5. The van der Waals surface area contributed by atoms with Gasteiger partial charge in [-0.25, -0.2) is 0 Å². The number of hydrogen-bond donors (Lipinski definition) is 0. The van der Waals surface area contributed by atoms with Crippen molar-refractivity contribution < 1.29 is 17.9 Å². The highest BCUT2D eigenvalue weighted by Gasteiger charge is 2.36. The molecule has 2 aromatic rings. The molecule has 2 aromatic carbocycles. The average Bonchev–Trinajstić information content (AvgIpc) is 3.10. The molecule has 0 spiro atoms. The van der Waals surface area contributed by atoms with Gasteiger partial charge in [0.1, 0.15) is 10.6 Å². The van der Waals surface area contributed by atoms with E-state index in [-0.39, 0.29) is 22.8 Å². The molecule has 0 aliphatic carbocycles. The van der Waals surface area contributed by atoms with Gasteiger partial charge in [0.2, 0.25) is 5.91 Å². The minimum absolute atomic E-state index is 0.0854. The van der Waals surface area contributed by atoms with Crippen LogP contribution in [0.2, 0.25) is 0 Å². The van der Waals surface area contributed by atoms with Crippen LogP contribution < -0.4 is 4.74 Å². The number of piperidine rings is 1. The predicted molar refractivity (Wildman–Crippen MR) is 123 cm³/mol. The van der Waals surface area contributed by atoms with E-state index in [1.54, 1.807) is 25.3 Å². The maximum atomic E-state index is 13.5. The summed E-state index contributed by atoms with van der Waals surface area (Å²) in [5, 5.41) is 0. The monoisotopic (exact) mass is 455 g/mol. The number of rotatable bonds is 5. The first-order valence-electron chi connectivity index (χ1n) is 11.0. The fraction of sp³-hybridized carbons (Fsp3) is 0.417. The molecule has 0 aromatic heterocycles.